The lowest BCUT2D eigenvalue weighted by Gasteiger charge is -2.36. The number of fused-ring (bicyclic) bond motifs is 2. The van der Waals surface area contributed by atoms with Crippen LogP contribution in [0.4, 0.5) is 26.3 Å². The molecule has 14 heteroatoms. The summed E-state index contributed by atoms with van der Waals surface area (Å²) in [5, 5.41) is 0. The lowest BCUT2D eigenvalue weighted by atomic mass is 9.87. The molecule has 2 aliphatic carbocycles. The number of carbonyl (C=O) groups excluding carboxylic acids is 1. The molecule has 2 bridgehead atoms. The summed E-state index contributed by atoms with van der Waals surface area (Å²) in [6.45, 7) is 3.01. The molecule has 170 valence electrons. The largest absolute Gasteiger partial charge is 0.498 e. The van der Waals surface area contributed by atoms with Crippen LogP contribution in [-0.4, -0.2) is 44.5 Å². The van der Waals surface area contributed by atoms with Gasteiger partial charge in [0.1, 0.15) is 6.10 Å². The summed E-state index contributed by atoms with van der Waals surface area (Å²) >= 11 is 0. The van der Waals surface area contributed by atoms with E-state index in [1.165, 1.54) is 6.92 Å². The predicted octanol–water partition coefficient (Wildman–Crippen LogP) is 3.19. The Labute approximate surface area is 163 Å². The van der Waals surface area contributed by atoms with E-state index in [0.29, 0.717) is 0 Å². The van der Waals surface area contributed by atoms with Crippen LogP contribution < -0.4 is 0 Å². The summed E-state index contributed by atoms with van der Waals surface area (Å²) in [5.41, 5.74) is -12.5. The van der Waals surface area contributed by atoms with Crippen LogP contribution in [0.5, 0.6) is 0 Å². The van der Waals surface area contributed by atoms with Gasteiger partial charge < -0.3 is 4.74 Å². The summed E-state index contributed by atoms with van der Waals surface area (Å²) in [4.78, 5) is 12.1. The van der Waals surface area contributed by atoms with Crippen molar-refractivity contribution >= 4 is 25.6 Å². The molecule has 0 saturated heterocycles. The molecule has 0 N–H and O–H groups in total. The van der Waals surface area contributed by atoms with E-state index in [1.54, 1.807) is 6.92 Å². The zero-order valence-corrected chi connectivity index (χ0v) is 17.0. The molecule has 5 atom stereocenters. The Hall–Kier alpha value is -1.05. The number of esters is 1. The summed E-state index contributed by atoms with van der Waals surface area (Å²) in [5.74, 6) is -5.59. The van der Waals surface area contributed by atoms with Crippen LogP contribution in [0.3, 0.4) is 0 Å². The first-order valence-corrected chi connectivity index (χ1v) is 11.9. The molecule has 0 aromatic rings. The van der Waals surface area contributed by atoms with Gasteiger partial charge in [-0.15, -0.1) is 0 Å². The summed E-state index contributed by atoms with van der Waals surface area (Å²) in [6, 6.07) is 0. The molecule has 2 aliphatic rings. The van der Waals surface area contributed by atoms with Gasteiger partial charge in [-0.2, -0.15) is 26.3 Å². The highest BCUT2D eigenvalue weighted by atomic mass is 32.3. The van der Waals surface area contributed by atoms with Crippen LogP contribution in [-0.2, 0) is 29.2 Å². The zero-order chi connectivity index (χ0) is 22.6. The SMILES string of the molecule is CCC(C)C(=O)OC1C2CCC(C2)C1C(S(=O)(=O)C(F)(F)F)S(=O)(=O)C(F)(F)F. The van der Waals surface area contributed by atoms with E-state index in [4.69, 9.17) is 4.74 Å². The van der Waals surface area contributed by atoms with E-state index >= 15 is 0 Å². The minimum Gasteiger partial charge on any atom is -0.461 e. The van der Waals surface area contributed by atoms with Gasteiger partial charge in [0, 0.05) is 5.92 Å². The van der Waals surface area contributed by atoms with Gasteiger partial charge >= 0.3 is 17.0 Å². The summed E-state index contributed by atoms with van der Waals surface area (Å²) in [6.07, 6.45) is -1.08. The van der Waals surface area contributed by atoms with Gasteiger partial charge in [0.25, 0.3) is 19.7 Å². The number of alkyl halides is 6. The highest BCUT2D eigenvalue weighted by Crippen LogP contribution is 2.55. The number of hydrogen-bond acceptors (Lipinski definition) is 6. The number of hydrogen-bond donors (Lipinski definition) is 0. The van der Waals surface area contributed by atoms with Gasteiger partial charge in [-0.1, -0.05) is 13.8 Å². The van der Waals surface area contributed by atoms with Crippen LogP contribution in [0.25, 0.3) is 0 Å². The third-order valence-corrected chi connectivity index (χ3v) is 10.4. The smallest absolute Gasteiger partial charge is 0.461 e. The van der Waals surface area contributed by atoms with Gasteiger partial charge in [0.05, 0.1) is 5.92 Å². The first-order valence-electron chi connectivity index (χ1n) is 8.77. The summed E-state index contributed by atoms with van der Waals surface area (Å²) in [7, 11) is -13.6. The molecule has 2 rings (SSSR count). The number of ether oxygens (including phenoxy) is 1. The van der Waals surface area contributed by atoms with Gasteiger partial charge in [0.2, 0.25) is 0 Å². The molecule has 0 aromatic carbocycles. The number of halogens is 6. The molecule has 0 radical (unpaired) electrons. The molecular weight excluding hydrogens is 454 g/mol. The monoisotopic (exact) mass is 474 g/mol. The fraction of sp³-hybridized carbons (Fsp3) is 0.933. The van der Waals surface area contributed by atoms with Crippen LogP contribution in [0.1, 0.15) is 39.5 Å². The van der Waals surface area contributed by atoms with E-state index in [0.717, 1.165) is 0 Å². The van der Waals surface area contributed by atoms with E-state index in [1.807, 2.05) is 0 Å². The standard InChI is InChI=1S/C15H20F6O6S2/c1-3-7(2)12(22)27-11-9-5-4-8(6-9)10(11)13(28(23,24)14(16,17)18)29(25,26)15(19,20)21/h7-11,13H,3-6H2,1-2H3. The quantitative estimate of drug-likeness (QED) is 0.434. The van der Waals surface area contributed by atoms with E-state index in [-0.39, 0.29) is 25.7 Å². The molecule has 5 unspecified atom stereocenters. The van der Waals surface area contributed by atoms with Crippen LogP contribution >= 0.6 is 0 Å². The Morgan fingerprint density at radius 3 is 1.83 bits per heavy atom. The lowest BCUT2D eigenvalue weighted by molar-refractivity contribution is -0.159. The van der Waals surface area contributed by atoms with E-state index in [9.17, 15) is 48.0 Å². The molecule has 0 amide bonds. The van der Waals surface area contributed by atoms with Crippen LogP contribution in [0, 0.1) is 23.7 Å². The van der Waals surface area contributed by atoms with Crippen LogP contribution in [0.2, 0.25) is 0 Å². The molecule has 0 aliphatic heterocycles. The topological polar surface area (TPSA) is 94.6 Å². The first kappa shape index (κ1) is 24.2. The molecule has 6 nitrogen and oxygen atoms in total. The first-order chi connectivity index (χ1) is 13.0. The maximum absolute atomic E-state index is 13.1. The van der Waals surface area contributed by atoms with Crippen molar-refractivity contribution in [2.75, 3.05) is 0 Å². The average molecular weight is 474 g/mol. The number of sulfone groups is 2. The van der Waals surface area contributed by atoms with Crippen molar-refractivity contribution in [1.82, 2.24) is 0 Å². The van der Waals surface area contributed by atoms with Crippen LogP contribution in [0.15, 0.2) is 0 Å². The normalized spacial score (nSPS) is 29.3. The van der Waals surface area contributed by atoms with Gasteiger partial charge in [-0.3, -0.25) is 4.79 Å². The van der Waals surface area contributed by atoms with E-state index < -0.39 is 71.0 Å². The number of carbonyl (C=O) groups is 1. The zero-order valence-electron chi connectivity index (χ0n) is 15.3. The average Bonchev–Trinajstić information content (AvgIpc) is 3.14. The van der Waals surface area contributed by atoms with Crippen molar-refractivity contribution in [2.45, 2.75) is 61.2 Å². The second-order valence-electron chi connectivity index (χ2n) is 7.47. The second kappa shape index (κ2) is 7.57. The highest BCUT2D eigenvalue weighted by Gasteiger charge is 2.69. The minimum absolute atomic E-state index is 0.0135. The number of rotatable bonds is 6. The molecule has 2 saturated carbocycles. The molecule has 2 fully saturated rings. The molecular formula is C15H20F6O6S2. The Kier molecular flexibility index (Phi) is 6.33. The molecule has 0 heterocycles. The Morgan fingerprint density at radius 1 is 0.966 bits per heavy atom. The van der Waals surface area contributed by atoms with Crippen molar-refractivity contribution in [1.29, 1.82) is 0 Å². The maximum atomic E-state index is 13.1. The fourth-order valence-corrected chi connectivity index (χ4v) is 8.19. The highest BCUT2D eigenvalue weighted by molar-refractivity contribution is 8.09. The molecule has 0 spiro atoms. The third kappa shape index (κ3) is 4.10. The van der Waals surface area contributed by atoms with Crippen molar-refractivity contribution in [3.8, 4) is 0 Å². The van der Waals surface area contributed by atoms with Crippen molar-refractivity contribution in [2.24, 2.45) is 23.7 Å². The molecule has 0 aromatic heterocycles. The molecule has 29 heavy (non-hydrogen) atoms. The Bertz CT molecular complexity index is 804. The maximum Gasteiger partial charge on any atom is 0.498 e. The minimum atomic E-state index is -6.78. The second-order valence-corrected chi connectivity index (χ2v) is 11.9. The Morgan fingerprint density at radius 2 is 1.41 bits per heavy atom. The summed E-state index contributed by atoms with van der Waals surface area (Å²) < 4.78 is 128. The third-order valence-electron chi connectivity index (χ3n) is 5.74. The Balaban J connectivity index is 2.61. The van der Waals surface area contributed by atoms with Crippen molar-refractivity contribution in [3.05, 3.63) is 0 Å². The predicted molar refractivity (Wildman–Crippen MR) is 87.4 cm³/mol. The lowest BCUT2D eigenvalue weighted by Crippen LogP contribution is -2.54. The van der Waals surface area contributed by atoms with E-state index in [2.05, 4.69) is 0 Å². The van der Waals surface area contributed by atoms with Crippen molar-refractivity contribution in [3.63, 3.8) is 0 Å². The van der Waals surface area contributed by atoms with Crippen molar-refractivity contribution < 1.29 is 52.7 Å². The fourth-order valence-electron chi connectivity index (χ4n) is 4.10. The van der Waals surface area contributed by atoms with Gasteiger partial charge in [-0.25, -0.2) is 16.8 Å². The van der Waals surface area contributed by atoms with Gasteiger partial charge in [0.15, 0.2) is 4.58 Å². The van der Waals surface area contributed by atoms with Gasteiger partial charge in [-0.05, 0) is 37.5 Å².